The summed E-state index contributed by atoms with van der Waals surface area (Å²) in [5, 5.41) is 0. The first-order chi connectivity index (χ1) is 8.74. The molecule has 6 heteroatoms. The first-order valence-electron chi connectivity index (χ1n) is 6.54. The normalized spacial score (nSPS) is 24.2. The molecule has 0 N–H and O–H groups in total. The number of carbonyl (C=O) groups excluding carboxylic acids is 2. The third-order valence-corrected chi connectivity index (χ3v) is 3.36. The zero-order valence-electron chi connectivity index (χ0n) is 10.8. The van der Waals surface area contributed by atoms with Gasteiger partial charge in [0.15, 0.2) is 0 Å². The Morgan fingerprint density at radius 1 is 1.28 bits per heavy atom. The predicted octanol–water partition coefficient (Wildman–Crippen LogP) is 0.466. The van der Waals surface area contributed by atoms with Gasteiger partial charge in [-0.15, -0.1) is 0 Å². The molecule has 18 heavy (non-hydrogen) atoms. The maximum absolute atomic E-state index is 12.3. The molecule has 1 atom stereocenters. The van der Waals surface area contributed by atoms with Crippen LogP contribution in [0, 0.1) is 0 Å². The van der Waals surface area contributed by atoms with Crippen molar-refractivity contribution in [3.8, 4) is 0 Å². The Balaban J connectivity index is 1.97. The number of hydrogen-bond donors (Lipinski definition) is 0. The SMILES string of the molecule is CCOC(=O)N1CCC[C@@H]1C(=O)N1CCOCC1. The van der Waals surface area contributed by atoms with Gasteiger partial charge < -0.3 is 14.4 Å². The average Bonchev–Trinajstić information content (AvgIpc) is 2.88. The summed E-state index contributed by atoms with van der Waals surface area (Å²) in [5.41, 5.74) is 0. The summed E-state index contributed by atoms with van der Waals surface area (Å²) in [5.74, 6) is 0.0313. The number of amides is 2. The Labute approximate surface area is 107 Å². The molecule has 0 spiro atoms. The van der Waals surface area contributed by atoms with Crippen molar-refractivity contribution in [1.29, 1.82) is 0 Å². The van der Waals surface area contributed by atoms with E-state index in [1.54, 1.807) is 16.7 Å². The van der Waals surface area contributed by atoms with Crippen LogP contribution in [-0.4, -0.2) is 67.3 Å². The van der Waals surface area contributed by atoms with E-state index in [0.717, 1.165) is 12.8 Å². The molecule has 0 saturated carbocycles. The van der Waals surface area contributed by atoms with Crippen molar-refractivity contribution in [3.63, 3.8) is 0 Å². The predicted molar refractivity (Wildman–Crippen MR) is 64.1 cm³/mol. The van der Waals surface area contributed by atoms with Crippen molar-refractivity contribution in [2.45, 2.75) is 25.8 Å². The number of hydrogen-bond acceptors (Lipinski definition) is 4. The maximum Gasteiger partial charge on any atom is 0.410 e. The van der Waals surface area contributed by atoms with Gasteiger partial charge >= 0.3 is 6.09 Å². The Bertz CT molecular complexity index is 315. The molecular weight excluding hydrogens is 236 g/mol. The molecule has 2 amide bonds. The van der Waals surface area contributed by atoms with Crippen molar-refractivity contribution in [3.05, 3.63) is 0 Å². The zero-order valence-corrected chi connectivity index (χ0v) is 10.8. The summed E-state index contributed by atoms with van der Waals surface area (Å²) in [6.45, 7) is 5.12. The van der Waals surface area contributed by atoms with E-state index in [9.17, 15) is 9.59 Å². The number of ether oxygens (including phenoxy) is 2. The van der Waals surface area contributed by atoms with Crippen LogP contribution in [-0.2, 0) is 14.3 Å². The lowest BCUT2D eigenvalue weighted by Crippen LogP contribution is -2.51. The summed E-state index contributed by atoms with van der Waals surface area (Å²) in [4.78, 5) is 27.4. The fraction of sp³-hybridized carbons (Fsp3) is 0.833. The van der Waals surface area contributed by atoms with Gasteiger partial charge in [0.1, 0.15) is 6.04 Å². The number of morpholine rings is 1. The van der Waals surface area contributed by atoms with Gasteiger partial charge in [-0.3, -0.25) is 9.69 Å². The van der Waals surface area contributed by atoms with Crippen LogP contribution >= 0.6 is 0 Å². The monoisotopic (exact) mass is 256 g/mol. The molecule has 2 saturated heterocycles. The standard InChI is InChI=1S/C12H20N2O4/c1-2-18-12(16)14-5-3-4-10(14)11(15)13-6-8-17-9-7-13/h10H,2-9H2,1H3/t10-/m1/s1. The highest BCUT2D eigenvalue weighted by atomic mass is 16.6. The van der Waals surface area contributed by atoms with Gasteiger partial charge in [-0.25, -0.2) is 4.79 Å². The topological polar surface area (TPSA) is 59.1 Å². The van der Waals surface area contributed by atoms with Gasteiger partial charge in [-0.05, 0) is 19.8 Å². The molecule has 2 aliphatic heterocycles. The molecule has 0 unspecified atom stereocenters. The molecule has 0 aromatic carbocycles. The first-order valence-corrected chi connectivity index (χ1v) is 6.54. The Morgan fingerprint density at radius 2 is 2.00 bits per heavy atom. The molecule has 2 rings (SSSR count). The van der Waals surface area contributed by atoms with Crippen molar-refractivity contribution in [1.82, 2.24) is 9.80 Å². The lowest BCUT2D eigenvalue weighted by atomic mass is 10.2. The highest BCUT2D eigenvalue weighted by Crippen LogP contribution is 2.20. The smallest absolute Gasteiger partial charge is 0.410 e. The molecule has 2 heterocycles. The van der Waals surface area contributed by atoms with Crippen LogP contribution in [0.4, 0.5) is 4.79 Å². The Morgan fingerprint density at radius 3 is 2.67 bits per heavy atom. The summed E-state index contributed by atoms with van der Waals surface area (Å²) < 4.78 is 10.2. The van der Waals surface area contributed by atoms with E-state index in [2.05, 4.69) is 0 Å². The van der Waals surface area contributed by atoms with Crippen LogP contribution in [0.25, 0.3) is 0 Å². The van der Waals surface area contributed by atoms with Gasteiger partial charge in [-0.1, -0.05) is 0 Å². The van der Waals surface area contributed by atoms with Crippen LogP contribution in [0.5, 0.6) is 0 Å². The minimum absolute atomic E-state index is 0.0313. The van der Waals surface area contributed by atoms with E-state index in [0.29, 0.717) is 39.5 Å². The minimum atomic E-state index is -0.374. The molecular formula is C12H20N2O4. The minimum Gasteiger partial charge on any atom is -0.450 e. The second-order valence-electron chi connectivity index (χ2n) is 4.49. The maximum atomic E-state index is 12.3. The lowest BCUT2D eigenvalue weighted by Gasteiger charge is -2.32. The fourth-order valence-corrected chi connectivity index (χ4v) is 2.44. The molecule has 0 aromatic heterocycles. The summed E-state index contributed by atoms with van der Waals surface area (Å²) in [6, 6.07) is -0.345. The third kappa shape index (κ3) is 2.75. The fourth-order valence-electron chi connectivity index (χ4n) is 2.44. The van der Waals surface area contributed by atoms with Crippen molar-refractivity contribution in [2.75, 3.05) is 39.5 Å². The van der Waals surface area contributed by atoms with Crippen molar-refractivity contribution in [2.24, 2.45) is 0 Å². The average molecular weight is 256 g/mol. The summed E-state index contributed by atoms with van der Waals surface area (Å²) in [6.07, 6.45) is 1.22. The van der Waals surface area contributed by atoms with Gasteiger partial charge in [0.05, 0.1) is 19.8 Å². The Kier molecular flexibility index (Phi) is 4.41. The molecule has 0 aliphatic carbocycles. The molecule has 0 radical (unpaired) electrons. The third-order valence-electron chi connectivity index (χ3n) is 3.36. The summed E-state index contributed by atoms with van der Waals surface area (Å²) in [7, 11) is 0. The highest BCUT2D eigenvalue weighted by molar-refractivity contribution is 5.86. The molecule has 0 bridgehead atoms. The number of likely N-dealkylation sites (tertiary alicyclic amines) is 1. The van der Waals surface area contributed by atoms with E-state index < -0.39 is 0 Å². The highest BCUT2D eigenvalue weighted by Gasteiger charge is 2.37. The Hall–Kier alpha value is -1.30. The van der Waals surface area contributed by atoms with Crippen molar-refractivity contribution < 1.29 is 19.1 Å². The number of nitrogens with zero attached hydrogens (tertiary/aromatic N) is 2. The number of carbonyl (C=O) groups is 2. The second kappa shape index (κ2) is 6.04. The summed E-state index contributed by atoms with van der Waals surface area (Å²) >= 11 is 0. The molecule has 102 valence electrons. The van der Waals surface area contributed by atoms with E-state index in [1.165, 1.54) is 0 Å². The van der Waals surface area contributed by atoms with E-state index in [4.69, 9.17) is 9.47 Å². The van der Waals surface area contributed by atoms with Gasteiger partial charge in [0.2, 0.25) is 5.91 Å². The second-order valence-corrected chi connectivity index (χ2v) is 4.49. The lowest BCUT2D eigenvalue weighted by molar-refractivity contribution is -0.139. The number of rotatable bonds is 2. The van der Waals surface area contributed by atoms with Gasteiger partial charge in [-0.2, -0.15) is 0 Å². The molecule has 6 nitrogen and oxygen atoms in total. The van der Waals surface area contributed by atoms with E-state index in [-0.39, 0.29) is 18.0 Å². The first kappa shape index (κ1) is 13.1. The van der Waals surface area contributed by atoms with Crippen molar-refractivity contribution >= 4 is 12.0 Å². The van der Waals surface area contributed by atoms with Crippen LogP contribution in [0.2, 0.25) is 0 Å². The quantitative estimate of drug-likeness (QED) is 0.720. The van der Waals surface area contributed by atoms with Crippen LogP contribution < -0.4 is 0 Å². The largest absolute Gasteiger partial charge is 0.450 e. The van der Waals surface area contributed by atoms with E-state index in [1.807, 2.05) is 0 Å². The zero-order chi connectivity index (χ0) is 13.0. The van der Waals surface area contributed by atoms with Crippen LogP contribution in [0.15, 0.2) is 0 Å². The van der Waals surface area contributed by atoms with Crippen LogP contribution in [0.1, 0.15) is 19.8 Å². The van der Waals surface area contributed by atoms with Gasteiger partial charge in [0.25, 0.3) is 0 Å². The molecule has 0 aromatic rings. The van der Waals surface area contributed by atoms with E-state index >= 15 is 0 Å². The van der Waals surface area contributed by atoms with Gasteiger partial charge in [0, 0.05) is 19.6 Å². The van der Waals surface area contributed by atoms with Crippen LogP contribution in [0.3, 0.4) is 0 Å². The molecule has 2 aliphatic rings. The molecule has 2 fully saturated rings.